The molecule has 2 rings (SSSR count). The van der Waals surface area contributed by atoms with E-state index >= 15 is 0 Å². The molecule has 0 aliphatic carbocycles. The third-order valence-electron chi connectivity index (χ3n) is 3.43. The highest BCUT2D eigenvalue weighted by Crippen LogP contribution is 2.21. The van der Waals surface area contributed by atoms with Crippen LogP contribution in [0.2, 0.25) is 5.15 Å². The van der Waals surface area contributed by atoms with Gasteiger partial charge in [0.15, 0.2) is 11.0 Å². The molecule has 1 saturated heterocycles. The first-order valence-electron chi connectivity index (χ1n) is 6.22. The van der Waals surface area contributed by atoms with Crippen molar-refractivity contribution in [3.8, 4) is 0 Å². The van der Waals surface area contributed by atoms with Crippen molar-refractivity contribution in [2.45, 2.75) is 26.3 Å². The lowest BCUT2D eigenvalue weighted by atomic mass is 10.2. The Morgan fingerprint density at radius 3 is 2.71 bits per heavy atom. The minimum absolute atomic E-state index is 0.452. The van der Waals surface area contributed by atoms with Gasteiger partial charge in [-0.3, -0.25) is 4.90 Å². The summed E-state index contributed by atoms with van der Waals surface area (Å²) in [4.78, 5) is 4.79. The molecule has 1 aliphatic heterocycles. The smallest absolute Gasteiger partial charge is 0.151 e. The predicted molar refractivity (Wildman–Crippen MR) is 70.6 cm³/mol. The van der Waals surface area contributed by atoms with Gasteiger partial charge in [0.2, 0.25) is 0 Å². The number of nitrogens with zero attached hydrogens (tertiary/aromatic N) is 4. The Morgan fingerprint density at radius 1 is 1.35 bits per heavy atom. The van der Waals surface area contributed by atoms with E-state index in [2.05, 4.69) is 33.8 Å². The number of aromatic nitrogens is 2. The van der Waals surface area contributed by atoms with Crippen molar-refractivity contribution in [2.24, 2.45) is 0 Å². The lowest BCUT2D eigenvalue weighted by Crippen LogP contribution is -2.37. The Hall–Kier alpha value is -0.870. The van der Waals surface area contributed by atoms with Crippen molar-refractivity contribution in [2.75, 3.05) is 31.1 Å². The minimum Gasteiger partial charge on any atom is -0.354 e. The summed E-state index contributed by atoms with van der Waals surface area (Å²) in [6.07, 6.45) is 1.20. The van der Waals surface area contributed by atoms with E-state index in [9.17, 15) is 0 Å². The second-order valence-electron chi connectivity index (χ2n) is 4.32. The Morgan fingerprint density at radius 2 is 2.12 bits per heavy atom. The van der Waals surface area contributed by atoms with Gasteiger partial charge in [0, 0.05) is 19.1 Å². The molecule has 1 unspecified atom stereocenters. The molecule has 17 heavy (non-hydrogen) atoms. The third-order valence-corrected chi connectivity index (χ3v) is 3.64. The maximum absolute atomic E-state index is 5.74. The molecule has 1 aliphatic rings. The number of likely N-dealkylation sites (N-methyl/N-ethyl adjacent to an activating group) is 1. The quantitative estimate of drug-likeness (QED) is 0.823. The highest BCUT2D eigenvalue weighted by atomic mass is 35.5. The van der Waals surface area contributed by atoms with Crippen molar-refractivity contribution >= 4 is 17.4 Å². The van der Waals surface area contributed by atoms with Crippen LogP contribution in [0.1, 0.15) is 20.3 Å². The monoisotopic (exact) mass is 254 g/mol. The summed E-state index contributed by atoms with van der Waals surface area (Å²) in [5.74, 6) is 0.934. The molecule has 1 fully saturated rings. The summed E-state index contributed by atoms with van der Waals surface area (Å²) in [7, 11) is 0. The van der Waals surface area contributed by atoms with Gasteiger partial charge in [-0.1, -0.05) is 25.4 Å². The van der Waals surface area contributed by atoms with Crippen molar-refractivity contribution < 1.29 is 0 Å². The zero-order valence-corrected chi connectivity index (χ0v) is 11.2. The van der Waals surface area contributed by atoms with E-state index in [-0.39, 0.29) is 0 Å². The van der Waals surface area contributed by atoms with Gasteiger partial charge in [-0.25, -0.2) is 0 Å². The van der Waals surface area contributed by atoms with Crippen LogP contribution in [0.15, 0.2) is 12.1 Å². The fourth-order valence-electron chi connectivity index (χ4n) is 2.47. The van der Waals surface area contributed by atoms with Crippen LogP contribution in [0, 0.1) is 0 Å². The standard InChI is InChI=1S/C12H19ClN4/c1-3-16(4-2)10-7-8-17(9-10)12-6-5-11(13)14-15-12/h5-6,10H,3-4,7-9H2,1-2H3. The summed E-state index contributed by atoms with van der Waals surface area (Å²) in [6.45, 7) is 8.75. The van der Waals surface area contributed by atoms with Crippen molar-refractivity contribution in [1.82, 2.24) is 15.1 Å². The lowest BCUT2D eigenvalue weighted by molar-refractivity contribution is 0.232. The number of hydrogen-bond acceptors (Lipinski definition) is 4. The zero-order chi connectivity index (χ0) is 12.3. The van der Waals surface area contributed by atoms with E-state index in [4.69, 9.17) is 11.6 Å². The normalized spacial score (nSPS) is 20.2. The number of anilines is 1. The zero-order valence-electron chi connectivity index (χ0n) is 10.4. The average Bonchev–Trinajstić information content (AvgIpc) is 2.81. The van der Waals surface area contributed by atoms with Gasteiger partial charge < -0.3 is 4.90 Å². The van der Waals surface area contributed by atoms with Gasteiger partial charge >= 0.3 is 0 Å². The Labute approximate surface area is 108 Å². The molecule has 5 heteroatoms. The largest absolute Gasteiger partial charge is 0.354 e. The van der Waals surface area contributed by atoms with Crippen LogP contribution < -0.4 is 4.90 Å². The Bertz CT molecular complexity index is 350. The van der Waals surface area contributed by atoms with E-state index in [0.717, 1.165) is 32.0 Å². The fraction of sp³-hybridized carbons (Fsp3) is 0.667. The van der Waals surface area contributed by atoms with Gasteiger partial charge in [0.05, 0.1) is 0 Å². The number of rotatable bonds is 4. The second kappa shape index (κ2) is 5.65. The van der Waals surface area contributed by atoms with Gasteiger partial charge in [-0.2, -0.15) is 0 Å². The molecule has 1 aromatic rings. The Balaban J connectivity index is 2.00. The van der Waals surface area contributed by atoms with Crippen LogP contribution in [-0.2, 0) is 0 Å². The maximum Gasteiger partial charge on any atom is 0.151 e. The molecule has 4 nitrogen and oxygen atoms in total. The molecular formula is C12H19ClN4. The van der Waals surface area contributed by atoms with Crippen molar-refractivity contribution in [3.63, 3.8) is 0 Å². The van der Waals surface area contributed by atoms with E-state index in [1.807, 2.05) is 6.07 Å². The maximum atomic E-state index is 5.74. The number of hydrogen-bond donors (Lipinski definition) is 0. The topological polar surface area (TPSA) is 32.3 Å². The lowest BCUT2D eigenvalue weighted by Gasteiger charge is -2.26. The molecule has 0 N–H and O–H groups in total. The molecule has 0 amide bonds. The molecule has 0 bridgehead atoms. The van der Waals surface area contributed by atoms with Gasteiger partial charge in [0.25, 0.3) is 0 Å². The summed E-state index contributed by atoms with van der Waals surface area (Å²) < 4.78 is 0. The van der Waals surface area contributed by atoms with Crippen LogP contribution in [0.3, 0.4) is 0 Å². The van der Waals surface area contributed by atoms with Gasteiger partial charge in [-0.15, -0.1) is 10.2 Å². The molecule has 0 radical (unpaired) electrons. The van der Waals surface area contributed by atoms with Crippen molar-refractivity contribution in [3.05, 3.63) is 17.3 Å². The molecule has 0 aromatic carbocycles. The minimum atomic E-state index is 0.452. The highest BCUT2D eigenvalue weighted by Gasteiger charge is 2.26. The first kappa shape index (κ1) is 12.6. The summed E-state index contributed by atoms with van der Waals surface area (Å²) in [5, 5.41) is 8.48. The SMILES string of the molecule is CCN(CC)C1CCN(c2ccc(Cl)nn2)C1. The third kappa shape index (κ3) is 2.87. The second-order valence-corrected chi connectivity index (χ2v) is 4.71. The van der Waals surface area contributed by atoms with E-state index in [0.29, 0.717) is 11.2 Å². The van der Waals surface area contributed by atoms with Crippen molar-refractivity contribution in [1.29, 1.82) is 0 Å². The molecule has 1 atom stereocenters. The van der Waals surface area contributed by atoms with Crippen LogP contribution in [0.25, 0.3) is 0 Å². The first-order chi connectivity index (χ1) is 8.24. The molecular weight excluding hydrogens is 236 g/mol. The summed E-state index contributed by atoms with van der Waals surface area (Å²) in [6, 6.07) is 4.39. The van der Waals surface area contributed by atoms with Gasteiger partial charge in [-0.05, 0) is 31.6 Å². The van der Waals surface area contributed by atoms with Crippen LogP contribution in [0.5, 0.6) is 0 Å². The van der Waals surface area contributed by atoms with E-state index < -0.39 is 0 Å². The highest BCUT2D eigenvalue weighted by molar-refractivity contribution is 6.29. The predicted octanol–water partition coefficient (Wildman–Crippen LogP) is 2.05. The van der Waals surface area contributed by atoms with Crippen LogP contribution in [-0.4, -0.2) is 47.3 Å². The Kier molecular flexibility index (Phi) is 4.18. The summed E-state index contributed by atoms with van der Waals surface area (Å²) >= 11 is 5.74. The molecule has 94 valence electrons. The first-order valence-corrected chi connectivity index (χ1v) is 6.60. The van der Waals surface area contributed by atoms with Crippen LogP contribution in [0.4, 0.5) is 5.82 Å². The molecule has 0 saturated carbocycles. The molecule has 1 aromatic heterocycles. The molecule has 2 heterocycles. The van der Waals surface area contributed by atoms with E-state index in [1.165, 1.54) is 6.42 Å². The summed E-state index contributed by atoms with van der Waals surface area (Å²) in [5.41, 5.74) is 0. The number of halogens is 1. The fourth-order valence-corrected chi connectivity index (χ4v) is 2.57. The van der Waals surface area contributed by atoms with Gasteiger partial charge in [0.1, 0.15) is 0 Å². The average molecular weight is 255 g/mol. The molecule has 0 spiro atoms. The van der Waals surface area contributed by atoms with Crippen LogP contribution >= 0.6 is 11.6 Å². The van der Waals surface area contributed by atoms with E-state index in [1.54, 1.807) is 6.07 Å².